The number of nitrogens with zero attached hydrogens (tertiary/aromatic N) is 3. The second-order valence-electron chi connectivity index (χ2n) is 8.33. The predicted octanol–water partition coefficient (Wildman–Crippen LogP) is 5.79. The van der Waals surface area contributed by atoms with Crippen LogP contribution in [0.3, 0.4) is 0 Å². The number of aromatic nitrogens is 2. The fourth-order valence-electron chi connectivity index (χ4n) is 4.37. The predicted molar refractivity (Wildman–Crippen MR) is 133 cm³/mol. The number of halogens is 1. The molecule has 0 radical (unpaired) electrons. The maximum Gasteiger partial charge on any atom is 0.322 e. The van der Waals surface area contributed by atoms with Gasteiger partial charge < -0.3 is 14.6 Å². The minimum atomic E-state index is -0.447. The van der Waals surface area contributed by atoms with Gasteiger partial charge in [0.1, 0.15) is 0 Å². The minimum absolute atomic E-state index is 0.0160. The van der Waals surface area contributed by atoms with E-state index in [-0.39, 0.29) is 12.1 Å². The molecule has 0 aliphatic carbocycles. The van der Waals surface area contributed by atoms with Crippen molar-refractivity contribution in [3.8, 4) is 11.4 Å². The number of ether oxygens (including phenoxy) is 1. The molecule has 9 heteroatoms. The van der Waals surface area contributed by atoms with Crippen molar-refractivity contribution in [1.29, 1.82) is 0 Å². The van der Waals surface area contributed by atoms with Gasteiger partial charge in [-0.1, -0.05) is 28.9 Å². The summed E-state index contributed by atoms with van der Waals surface area (Å²) < 4.78 is 11.5. The Kier molecular flexibility index (Phi) is 6.63. The maximum absolute atomic E-state index is 13.1. The van der Waals surface area contributed by atoms with Gasteiger partial charge in [0.2, 0.25) is 5.82 Å². The van der Waals surface area contributed by atoms with Crippen LogP contribution < -0.4 is 5.32 Å². The van der Waals surface area contributed by atoms with E-state index < -0.39 is 6.04 Å². The summed E-state index contributed by atoms with van der Waals surface area (Å²) in [5.41, 5.74) is 3.28. The topological polar surface area (TPSA) is 80.5 Å². The smallest absolute Gasteiger partial charge is 0.322 e. The van der Waals surface area contributed by atoms with Crippen molar-refractivity contribution in [3.05, 3.63) is 70.7 Å². The van der Waals surface area contributed by atoms with E-state index >= 15 is 0 Å². The number of amides is 2. The standard InChI is InChI=1S/C25H25ClN4O3S/c1-15-21(24-28-23(29-33-24)17-7-11-20(34-2)12-8-17)22(16-5-9-18(26)10-6-16)27-25(31)30(15)14-19-4-3-13-32-19/h5-12,19,22H,3-4,13-14H2,1-2H3,(H,27,31). The zero-order valence-corrected chi connectivity index (χ0v) is 20.5. The number of allylic oxidation sites excluding steroid dienone is 1. The van der Waals surface area contributed by atoms with Crippen LogP contribution in [0.2, 0.25) is 5.02 Å². The van der Waals surface area contributed by atoms with Gasteiger partial charge in [0.25, 0.3) is 5.89 Å². The zero-order valence-electron chi connectivity index (χ0n) is 19.0. The second-order valence-corrected chi connectivity index (χ2v) is 9.65. The summed E-state index contributed by atoms with van der Waals surface area (Å²) in [4.78, 5) is 20.7. The number of carbonyl (C=O) groups is 1. The molecule has 1 fully saturated rings. The third-order valence-corrected chi connectivity index (χ3v) is 7.21. The van der Waals surface area contributed by atoms with Crippen LogP contribution in [-0.4, -0.2) is 46.6 Å². The Labute approximate surface area is 207 Å². The van der Waals surface area contributed by atoms with Crippen molar-refractivity contribution in [2.75, 3.05) is 19.4 Å². The van der Waals surface area contributed by atoms with E-state index in [1.54, 1.807) is 28.8 Å². The Bertz CT molecular complexity index is 1200. The molecule has 1 aromatic heterocycles. The average Bonchev–Trinajstić information content (AvgIpc) is 3.54. The van der Waals surface area contributed by atoms with Crippen molar-refractivity contribution in [2.24, 2.45) is 0 Å². The van der Waals surface area contributed by atoms with Crippen LogP contribution >= 0.6 is 23.4 Å². The van der Waals surface area contributed by atoms with Crippen molar-refractivity contribution in [3.63, 3.8) is 0 Å². The first-order valence-corrected chi connectivity index (χ1v) is 12.8. The molecule has 7 nitrogen and oxygen atoms in total. The number of urea groups is 1. The summed E-state index contributed by atoms with van der Waals surface area (Å²) >= 11 is 7.78. The molecule has 2 aromatic carbocycles. The van der Waals surface area contributed by atoms with Crippen LogP contribution in [-0.2, 0) is 4.74 Å². The summed E-state index contributed by atoms with van der Waals surface area (Å²) in [5, 5.41) is 7.98. The van der Waals surface area contributed by atoms with Gasteiger partial charge in [-0.2, -0.15) is 4.98 Å². The van der Waals surface area contributed by atoms with Crippen molar-refractivity contribution >= 4 is 35.0 Å². The Hall–Kier alpha value is -2.81. The molecule has 2 aliphatic rings. The normalized spacial score (nSPS) is 20.7. The first kappa shape index (κ1) is 23.0. The SMILES string of the molecule is CSc1ccc(-c2noc(C3=C(C)N(CC4CCCO4)C(=O)NC3c3ccc(Cl)cc3)n2)cc1. The number of benzene rings is 2. The monoisotopic (exact) mass is 496 g/mol. The molecule has 176 valence electrons. The third kappa shape index (κ3) is 4.58. The summed E-state index contributed by atoms with van der Waals surface area (Å²) in [6.45, 7) is 3.13. The summed E-state index contributed by atoms with van der Waals surface area (Å²) in [5.74, 6) is 0.874. The third-order valence-electron chi connectivity index (χ3n) is 6.21. The Morgan fingerprint density at radius 2 is 1.94 bits per heavy atom. The number of hydrogen-bond acceptors (Lipinski definition) is 6. The molecule has 2 unspecified atom stereocenters. The highest BCUT2D eigenvalue weighted by molar-refractivity contribution is 7.98. The van der Waals surface area contributed by atoms with Crippen molar-refractivity contribution in [1.82, 2.24) is 20.4 Å². The second kappa shape index (κ2) is 9.82. The Morgan fingerprint density at radius 1 is 1.18 bits per heavy atom. The molecular weight excluding hydrogens is 472 g/mol. The van der Waals surface area contributed by atoms with Crippen LogP contribution in [0.5, 0.6) is 0 Å². The highest BCUT2D eigenvalue weighted by Gasteiger charge is 2.37. The maximum atomic E-state index is 13.1. The van der Waals surface area contributed by atoms with Crippen LogP contribution in [0.25, 0.3) is 17.0 Å². The number of carbonyl (C=O) groups excluding carboxylic acids is 1. The molecule has 5 rings (SSSR count). The lowest BCUT2D eigenvalue weighted by molar-refractivity contribution is 0.0877. The molecule has 1 saturated heterocycles. The van der Waals surface area contributed by atoms with Gasteiger partial charge in [0.05, 0.1) is 24.3 Å². The van der Waals surface area contributed by atoms with E-state index in [0.717, 1.165) is 46.7 Å². The molecule has 1 N–H and O–H groups in total. The number of nitrogens with one attached hydrogen (secondary N) is 1. The fourth-order valence-corrected chi connectivity index (χ4v) is 4.90. The summed E-state index contributed by atoms with van der Waals surface area (Å²) in [6, 6.07) is 14.8. The van der Waals surface area contributed by atoms with Crippen molar-refractivity contribution in [2.45, 2.75) is 36.8 Å². The van der Waals surface area contributed by atoms with Gasteiger partial charge in [-0.15, -0.1) is 11.8 Å². The van der Waals surface area contributed by atoms with Crippen LogP contribution in [0.1, 0.15) is 37.3 Å². The largest absolute Gasteiger partial charge is 0.376 e. The molecule has 2 amide bonds. The van der Waals surface area contributed by atoms with E-state index in [0.29, 0.717) is 23.3 Å². The van der Waals surface area contributed by atoms with Gasteiger partial charge in [0, 0.05) is 27.8 Å². The zero-order chi connectivity index (χ0) is 23.7. The molecule has 3 heterocycles. The lowest BCUT2D eigenvalue weighted by atomic mass is 9.94. The van der Waals surface area contributed by atoms with Gasteiger partial charge in [-0.05, 0) is 68.0 Å². The Morgan fingerprint density at radius 3 is 2.62 bits per heavy atom. The molecule has 0 bridgehead atoms. The van der Waals surface area contributed by atoms with E-state index in [9.17, 15) is 4.79 Å². The van der Waals surface area contributed by atoms with E-state index in [4.69, 9.17) is 25.8 Å². The van der Waals surface area contributed by atoms with Gasteiger partial charge in [-0.25, -0.2) is 4.79 Å². The molecule has 34 heavy (non-hydrogen) atoms. The van der Waals surface area contributed by atoms with Crippen molar-refractivity contribution < 1.29 is 14.1 Å². The Balaban J connectivity index is 1.55. The number of rotatable bonds is 6. The lowest BCUT2D eigenvalue weighted by Gasteiger charge is -2.36. The van der Waals surface area contributed by atoms with Gasteiger partial charge in [0.15, 0.2) is 0 Å². The molecule has 0 spiro atoms. The van der Waals surface area contributed by atoms with Gasteiger partial charge >= 0.3 is 6.03 Å². The molecular formula is C25H25ClN4O3S. The van der Waals surface area contributed by atoms with Gasteiger partial charge in [-0.3, -0.25) is 4.90 Å². The van der Waals surface area contributed by atoms with Crippen LogP contribution in [0.15, 0.2) is 63.6 Å². The fraction of sp³-hybridized carbons (Fsp3) is 0.320. The van der Waals surface area contributed by atoms with E-state index in [2.05, 4.69) is 10.5 Å². The molecule has 2 aliphatic heterocycles. The minimum Gasteiger partial charge on any atom is -0.376 e. The number of thioether (sulfide) groups is 1. The van der Waals surface area contributed by atoms with E-state index in [1.165, 1.54) is 0 Å². The molecule has 2 atom stereocenters. The first-order valence-electron chi connectivity index (χ1n) is 11.2. The molecule has 3 aromatic rings. The summed E-state index contributed by atoms with van der Waals surface area (Å²) in [6.07, 6.45) is 3.99. The van der Waals surface area contributed by atoms with Crippen LogP contribution in [0.4, 0.5) is 4.79 Å². The quantitative estimate of drug-likeness (QED) is 0.435. The molecule has 0 saturated carbocycles. The van der Waals surface area contributed by atoms with E-state index in [1.807, 2.05) is 49.6 Å². The van der Waals surface area contributed by atoms with Crippen LogP contribution in [0, 0.1) is 0 Å². The first-order chi connectivity index (χ1) is 16.5. The highest BCUT2D eigenvalue weighted by atomic mass is 35.5. The summed E-state index contributed by atoms with van der Waals surface area (Å²) in [7, 11) is 0. The number of hydrogen-bond donors (Lipinski definition) is 1. The average molecular weight is 497 g/mol. The lowest BCUT2D eigenvalue weighted by Crippen LogP contribution is -2.48. The highest BCUT2D eigenvalue weighted by Crippen LogP contribution is 2.38.